The average molecular weight is 239 g/mol. The lowest BCUT2D eigenvalue weighted by Gasteiger charge is -2.10. The minimum Gasteiger partial charge on any atom is -0.399 e. The Kier molecular flexibility index (Phi) is 3.61. The number of nitrogen functional groups attached to an aromatic ring is 1. The molecule has 0 aliphatic carbocycles. The van der Waals surface area contributed by atoms with Crippen molar-refractivity contribution < 1.29 is 8.95 Å². The van der Waals surface area contributed by atoms with Gasteiger partial charge < -0.3 is 10.5 Å². The summed E-state index contributed by atoms with van der Waals surface area (Å²) in [6.45, 7) is 3.52. The molecule has 3 nitrogen and oxygen atoms in total. The molecule has 2 rings (SSSR count). The van der Waals surface area contributed by atoms with Gasteiger partial charge in [-0.05, 0) is 37.0 Å². The first-order chi connectivity index (χ1) is 7.66. The molecule has 1 aromatic carbocycles. The molecule has 0 aromatic heterocycles. The van der Waals surface area contributed by atoms with Crippen LogP contribution in [0.5, 0.6) is 0 Å². The summed E-state index contributed by atoms with van der Waals surface area (Å²) < 4.78 is 17.5. The fraction of sp³-hybridized carbons (Fsp3) is 0.500. The SMILES string of the molecule is Cc1ccc(N)cc1S(=O)CC1CCOC1. The topological polar surface area (TPSA) is 52.3 Å². The van der Waals surface area contributed by atoms with Gasteiger partial charge in [-0.2, -0.15) is 0 Å². The Hall–Kier alpha value is -0.870. The Bertz CT molecular complexity index is 400. The molecule has 0 bridgehead atoms. The smallest absolute Gasteiger partial charge is 0.0536 e. The standard InChI is InChI=1S/C12H17NO2S/c1-9-2-3-11(13)6-12(9)16(14)8-10-4-5-15-7-10/h2-3,6,10H,4-5,7-8,13H2,1H3. The van der Waals surface area contributed by atoms with Gasteiger partial charge in [-0.3, -0.25) is 4.21 Å². The molecule has 2 N–H and O–H groups in total. The third kappa shape index (κ3) is 2.62. The van der Waals surface area contributed by atoms with Gasteiger partial charge in [0.2, 0.25) is 0 Å². The van der Waals surface area contributed by atoms with Crippen molar-refractivity contribution in [2.24, 2.45) is 5.92 Å². The van der Waals surface area contributed by atoms with E-state index in [1.807, 2.05) is 25.1 Å². The summed E-state index contributed by atoms with van der Waals surface area (Å²) in [4.78, 5) is 0.868. The number of nitrogens with two attached hydrogens (primary N) is 1. The number of ether oxygens (including phenoxy) is 1. The van der Waals surface area contributed by atoms with Gasteiger partial charge in [-0.1, -0.05) is 6.07 Å². The van der Waals surface area contributed by atoms with Crippen LogP contribution in [-0.2, 0) is 15.5 Å². The summed E-state index contributed by atoms with van der Waals surface area (Å²) in [7, 11) is -0.955. The second-order valence-electron chi connectivity index (χ2n) is 4.27. The van der Waals surface area contributed by atoms with E-state index >= 15 is 0 Å². The van der Waals surface area contributed by atoms with Crippen molar-refractivity contribution in [3.8, 4) is 0 Å². The van der Waals surface area contributed by atoms with E-state index in [2.05, 4.69) is 0 Å². The quantitative estimate of drug-likeness (QED) is 0.817. The zero-order valence-corrected chi connectivity index (χ0v) is 10.3. The van der Waals surface area contributed by atoms with Crippen molar-refractivity contribution >= 4 is 16.5 Å². The van der Waals surface area contributed by atoms with Crippen LogP contribution in [0, 0.1) is 12.8 Å². The maximum Gasteiger partial charge on any atom is 0.0536 e. The van der Waals surface area contributed by atoms with Crippen LogP contribution in [0.1, 0.15) is 12.0 Å². The van der Waals surface area contributed by atoms with Crippen molar-refractivity contribution in [2.75, 3.05) is 24.7 Å². The predicted molar refractivity (Wildman–Crippen MR) is 65.8 cm³/mol. The molecule has 2 unspecified atom stereocenters. The summed E-state index contributed by atoms with van der Waals surface area (Å²) in [5.74, 6) is 1.12. The zero-order valence-electron chi connectivity index (χ0n) is 9.44. The van der Waals surface area contributed by atoms with Crippen molar-refractivity contribution in [3.05, 3.63) is 23.8 Å². The largest absolute Gasteiger partial charge is 0.399 e. The minimum atomic E-state index is -0.955. The first-order valence-electron chi connectivity index (χ1n) is 5.49. The molecule has 1 aliphatic heterocycles. The van der Waals surface area contributed by atoms with Crippen LogP contribution in [0.3, 0.4) is 0 Å². The number of hydrogen-bond acceptors (Lipinski definition) is 3. The van der Waals surface area contributed by atoms with Gasteiger partial charge in [0.1, 0.15) is 0 Å². The Morgan fingerprint density at radius 1 is 1.56 bits per heavy atom. The molecule has 0 saturated carbocycles. The Labute approximate surface area is 98.4 Å². The maximum atomic E-state index is 12.2. The lowest BCUT2D eigenvalue weighted by molar-refractivity contribution is 0.189. The number of benzene rings is 1. The summed E-state index contributed by atoms with van der Waals surface area (Å²) in [5, 5.41) is 0. The maximum absolute atomic E-state index is 12.2. The first-order valence-corrected chi connectivity index (χ1v) is 6.81. The second kappa shape index (κ2) is 4.97. The fourth-order valence-electron chi connectivity index (χ4n) is 1.88. The minimum absolute atomic E-state index is 0.432. The van der Waals surface area contributed by atoms with E-state index in [9.17, 15) is 4.21 Å². The van der Waals surface area contributed by atoms with Gasteiger partial charge in [0.05, 0.1) is 17.4 Å². The Morgan fingerprint density at radius 2 is 2.38 bits per heavy atom. The van der Waals surface area contributed by atoms with E-state index in [1.165, 1.54) is 0 Å². The lowest BCUT2D eigenvalue weighted by atomic mass is 10.2. The molecule has 0 spiro atoms. The summed E-state index contributed by atoms with van der Waals surface area (Å²) >= 11 is 0. The van der Waals surface area contributed by atoms with Crippen molar-refractivity contribution in [1.29, 1.82) is 0 Å². The monoisotopic (exact) mass is 239 g/mol. The molecule has 1 fully saturated rings. The molecular formula is C12H17NO2S. The molecule has 0 radical (unpaired) electrons. The fourth-order valence-corrected chi connectivity index (χ4v) is 3.45. The average Bonchev–Trinajstić information content (AvgIpc) is 2.74. The first kappa shape index (κ1) is 11.6. The van der Waals surface area contributed by atoms with Crippen LogP contribution < -0.4 is 5.73 Å². The van der Waals surface area contributed by atoms with Gasteiger partial charge in [0.15, 0.2) is 0 Å². The van der Waals surface area contributed by atoms with E-state index < -0.39 is 10.8 Å². The van der Waals surface area contributed by atoms with E-state index in [4.69, 9.17) is 10.5 Å². The molecule has 0 amide bonds. The highest BCUT2D eigenvalue weighted by Gasteiger charge is 2.20. The Balaban J connectivity index is 2.10. The van der Waals surface area contributed by atoms with Gasteiger partial charge in [0.25, 0.3) is 0 Å². The number of anilines is 1. The van der Waals surface area contributed by atoms with Crippen LogP contribution in [0.15, 0.2) is 23.1 Å². The molecule has 1 saturated heterocycles. The summed E-state index contributed by atoms with van der Waals surface area (Å²) in [6, 6.07) is 5.59. The highest BCUT2D eigenvalue weighted by Crippen LogP contribution is 2.21. The number of aryl methyl sites for hydroxylation is 1. The van der Waals surface area contributed by atoms with Gasteiger partial charge in [0, 0.05) is 22.9 Å². The third-order valence-corrected chi connectivity index (χ3v) is 4.57. The van der Waals surface area contributed by atoms with Crippen LogP contribution >= 0.6 is 0 Å². The molecule has 88 valence electrons. The van der Waals surface area contributed by atoms with Gasteiger partial charge in [-0.15, -0.1) is 0 Å². The molecule has 2 atom stereocenters. The van der Waals surface area contributed by atoms with Crippen molar-refractivity contribution in [3.63, 3.8) is 0 Å². The summed E-state index contributed by atoms with van der Waals surface area (Å²) in [6.07, 6.45) is 1.02. The molecular weight excluding hydrogens is 222 g/mol. The van der Waals surface area contributed by atoms with Crippen LogP contribution in [-0.4, -0.2) is 23.2 Å². The summed E-state index contributed by atoms with van der Waals surface area (Å²) in [5.41, 5.74) is 7.44. The van der Waals surface area contributed by atoms with E-state index in [-0.39, 0.29) is 0 Å². The highest BCUT2D eigenvalue weighted by atomic mass is 32.2. The third-order valence-electron chi connectivity index (χ3n) is 2.87. The highest BCUT2D eigenvalue weighted by molar-refractivity contribution is 7.85. The Morgan fingerprint density at radius 3 is 3.06 bits per heavy atom. The van der Waals surface area contributed by atoms with Gasteiger partial charge in [-0.25, -0.2) is 0 Å². The van der Waals surface area contributed by atoms with E-state index in [0.29, 0.717) is 17.4 Å². The van der Waals surface area contributed by atoms with E-state index in [1.54, 1.807) is 0 Å². The molecule has 16 heavy (non-hydrogen) atoms. The van der Waals surface area contributed by atoms with Crippen molar-refractivity contribution in [1.82, 2.24) is 0 Å². The predicted octanol–water partition coefficient (Wildman–Crippen LogP) is 1.72. The molecule has 1 heterocycles. The molecule has 1 aromatic rings. The normalized spacial score (nSPS) is 22.2. The number of rotatable bonds is 3. The van der Waals surface area contributed by atoms with Crippen molar-refractivity contribution in [2.45, 2.75) is 18.2 Å². The van der Waals surface area contributed by atoms with Gasteiger partial charge >= 0.3 is 0 Å². The second-order valence-corrected chi connectivity index (χ2v) is 5.73. The van der Waals surface area contributed by atoms with Crippen LogP contribution in [0.4, 0.5) is 5.69 Å². The van der Waals surface area contributed by atoms with Crippen LogP contribution in [0.2, 0.25) is 0 Å². The lowest BCUT2D eigenvalue weighted by Crippen LogP contribution is -2.12. The molecule has 4 heteroatoms. The van der Waals surface area contributed by atoms with E-state index in [0.717, 1.165) is 30.1 Å². The molecule has 1 aliphatic rings. The number of hydrogen-bond donors (Lipinski definition) is 1. The zero-order chi connectivity index (χ0) is 11.5. The van der Waals surface area contributed by atoms with Crippen LogP contribution in [0.25, 0.3) is 0 Å².